The fourth-order valence-corrected chi connectivity index (χ4v) is 5.36. The van der Waals surface area contributed by atoms with Crippen molar-refractivity contribution in [1.29, 1.82) is 0 Å². The number of aryl methyl sites for hydroxylation is 3. The number of carbonyl (C=O) groups excluding carboxylic acids is 2. The standard InChI is InChI=1S/C26H28N2O7/c1-14-15(8-9-23(29)27-13-24(30)28-10-4-6-19(28)25(31)32)26(33)35-21-12-22-18(11-17(14)21)16-5-2-3-7-20(16)34-22/h11-12,19H,2-10,13H2,1H3,(H,27,29)(H,31,32). The Balaban J connectivity index is 1.29. The molecule has 3 heterocycles. The monoisotopic (exact) mass is 480 g/mol. The summed E-state index contributed by atoms with van der Waals surface area (Å²) < 4.78 is 11.6. The van der Waals surface area contributed by atoms with E-state index in [1.54, 1.807) is 6.07 Å². The quantitative estimate of drug-likeness (QED) is 0.519. The average molecular weight is 481 g/mol. The van der Waals surface area contributed by atoms with E-state index in [0.717, 1.165) is 53.4 Å². The minimum atomic E-state index is -1.03. The van der Waals surface area contributed by atoms with Gasteiger partial charge < -0.3 is 24.2 Å². The molecule has 1 unspecified atom stereocenters. The van der Waals surface area contributed by atoms with Crippen LogP contribution in [0.1, 0.15) is 54.6 Å². The Morgan fingerprint density at radius 3 is 2.66 bits per heavy atom. The summed E-state index contributed by atoms with van der Waals surface area (Å²) in [7, 11) is 0. The summed E-state index contributed by atoms with van der Waals surface area (Å²) in [6, 6.07) is 2.97. The van der Waals surface area contributed by atoms with E-state index in [0.29, 0.717) is 30.5 Å². The third-order valence-corrected chi connectivity index (χ3v) is 7.26. The zero-order valence-corrected chi connectivity index (χ0v) is 19.6. The van der Waals surface area contributed by atoms with Crippen LogP contribution >= 0.6 is 0 Å². The highest BCUT2D eigenvalue weighted by Crippen LogP contribution is 2.35. The van der Waals surface area contributed by atoms with Crippen LogP contribution in [0.5, 0.6) is 0 Å². The van der Waals surface area contributed by atoms with Crippen molar-refractivity contribution in [2.75, 3.05) is 13.1 Å². The number of fused-ring (bicyclic) bond motifs is 4. The SMILES string of the molecule is Cc1c(CCC(=O)NCC(=O)N2CCCC2C(=O)O)c(=O)oc2cc3oc4c(c3cc12)CCCC4. The summed E-state index contributed by atoms with van der Waals surface area (Å²) in [6.45, 7) is 1.96. The van der Waals surface area contributed by atoms with Gasteiger partial charge >= 0.3 is 11.6 Å². The number of furan rings is 1. The van der Waals surface area contributed by atoms with Gasteiger partial charge in [-0.15, -0.1) is 0 Å². The zero-order valence-electron chi connectivity index (χ0n) is 19.6. The molecule has 1 atom stereocenters. The molecular weight excluding hydrogens is 452 g/mol. The van der Waals surface area contributed by atoms with E-state index in [4.69, 9.17) is 8.83 Å². The van der Waals surface area contributed by atoms with Gasteiger partial charge in [0, 0.05) is 47.4 Å². The molecule has 3 aromatic rings. The number of carboxylic acids is 1. The van der Waals surface area contributed by atoms with Crippen LogP contribution in [0, 0.1) is 6.92 Å². The molecule has 0 saturated carbocycles. The van der Waals surface area contributed by atoms with E-state index in [-0.39, 0.29) is 25.3 Å². The van der Waals surface area contributed by atoms with E-state index in [1.807, 2.05) is 13.0 Å². The van der Waals surface area contributed by atoms with Gasteiger partial charge in [-0.1, -0.05) is 0 Å². The lowest BCUT2D eigenvalue weighted by Gasteiger charge is -2.21. The Morgan fingerprint density at radius 2 is 1.86 bits per heavy atom. The lowest BCUT2D eigenvalue weighted by molar-refractivity contribution is -0.148. The van der Waals surface area contributed by atoms with E-state index in [9.17, 15) is 24.3 Å². The third-order valence-electron chi connectivity index (χ3n) is 7.26. The molecule has 2 N–H and O–H groups in total. The molecule has 2 aromatic heterocycles. The molecule has 2 amide bonds. The minimum absolute atomic E-state index is 0.0100. The maximum Gasteiger partial charge on any atom is 0.339 e. The lowest BCUT2D eigenvalue weighted by Crippen LogP contribution is -2.45. The topological polar surface area (TPSA) is 130 Å². The number of hydrogen-bond donors (Lipinski definition) is 2. The minimum Gasteiger partial charge on any atom is -0.480 e. The van der Waals surface area contributed by atoms with Gasteiger partial charge in [0.1, 0.15) is 23.0 Å². The van der Waals surface area contributed by atoms with Crippen LogP contribution in [-0.4, -0.2) is 46.9 Å². The van der Waals surface area contributed by atoms with Crippen molar-refractivity contribution < 1.29 is 28.3 Å². The molecule has 184 valence electrons. The number of nitrogens with one attached hydrogen (secondary N) is 1. The highest BCUT2D eigenvalue weighted by atomic mass is 16.4. The summed E-state index contributed by atoms with van der Waals surface area (Å²) in [4.78, 5) is 50.0. The van der Waals surface area contributed by atoms with E-state index >= 15 is 0 Å². The van der Waals surface area contributed by atoms with Gasteiger partial charge in [-0.25, -0.2) is 9.59 Å². The van der Waals surface area contributed by atoms with Crippen molar-refractivity contribution in [2.45, 2.75) is 64.3 Å². The Kier molecular flexibility index (Phi) is 6.08. The largest absolute Gasteiger partial charge is 0.480 e. The van der Waals surface area contributed by atoms with Crippen LogP contribution in [0.15, 0.2) is 25.8 Å². The average Bonchev–Trinajstić information content (AvgIpc) is 3.46. The molecular formula is C26H28N2O7. The Labute approximate surface area is 201 Å². The summed E-state index contributed by atoms with van der Waals surface area (Å²) >= 11 is 0. The fourth-order valence-electron chi connectivity index (χ4n) is 5.36. The zero-order chi connectivity index (χ0) is 24.7. The predicted molar refractivity (Wildman–Crippen MR) is 127 cm³/mol. The summed E-state index contributed by atoms with van der Waals surface area (Å²) in [5.74, 6) is -0.828. The van der Waals surface area contributed by atoms with Crippen molar-refractivity contribution >= 4 is 39.7 Å². The molecule has 9 heteroatoms. The van der Waals surface area contributed by atoms with Crippen LogP contribution in [0.4, 0.5) is 0 Å². The second-order valence-electron chi connectivity index (χ2n) is 9.41. The molecule has 1 fully saturated rings. The van der Waals surface area contributed by atoms with Crippen LogP contribution in [0.3, 0.4) is 0 Å². The molecule has 0 radical (unpaired) electrons. The van der Waals surface area contributed by atoms with Crippen LogP contribution in [-0.2, 0) is 33.6 Å². The first-order valence-electron chi connectivity index (χ1n) is 12.1. The maximum absolute atomic E-state index is 12.7. The van der Waals surface area contributed by atoms with Crippen molar-refractivity contribution in [2.24, 2.45) is 0 Å². The number of likely N-dealkylation sites (tertiary alicyclic amines) is 1. The first-order chi connectivity index (χ1) is 16.8. The molecule has 1 aromatic carbocycles. The lowest BCUT2D eigenvalue weighted by atomic mass is 9.94. The molecule has 1 aliphatic carbocycles. The number of amides is 2. The van der Waals surface area contributed by atoms with Gasteiger partial charge in [0.2, 0.25) is 11.8 Å². The molecule has 9 nitrogen and oxygen atoms in total. The maximum atomic E-state index is 12.7. The van der Waals surface area contributed by atoms with Gasteiger partial charge in [0.05, 0.1) is 6.54 Å². The van der Waals surface area contributed by atoms with Gasteiger partial charge in [-0.2, -0.15) is 0 Å². The molecule has 1 saturated heterocycles. The third kappa shape index (κ3) is 4.31. The first kappa shape index (κ1) is 23.1. The van der Waals surface area contributed by atoms with Gasteiger partial charge in [0.15, 0.2) is 0 Å². The number of carbonyl (C=O) groups is 3. The second kappa shape index (κ2) is 9.20. The summed E-state index contributed by atoms with van der Waals surface area (Å²) in [5, 5.41) is 13.7. The number of carboxylic acid groups (broad SMARTS) is 1. The Morgan fingerprint density at radius 1 is 1.09 bits per heavy atom. The number of nitrogens with zero attached hydrogens (tertiary/aromatic N) is 1. The first-order valence-corrected chi connectivity index (χ1v) is 12.1. The van der Waals surface area contributed by atoms with Gasteiger partial charge in [-0.3, -0.25) is 9.59 Å². The molecule has 1 aliphatic heterocycles. The summed E-state index contributed by atoms with van der Waals surface area (Å²) in [5.41, 5.74) is 3.13. The van der Waals surface area contributed by atoms with Crippen LogP contribution in [0.2, 0.25) is 0 Å². The number of rotatable bonds is 6. The van der Waals surface area contributed by atoms with Crippen LogP contribution in [0.25, 0.3) is 21.9 Å². The van der Waals surface area contributed by atoms with Crippen molar-refractivity contribution in [3.63, 3.8) is 0 Å². The number of benzene rings is 1. The second-order valence-corrected chi connectivity index (χ2v) is 9.41. The van der Waals surface area contributed by atoms with Gasteiger partial charge in [-0.05, 0) is 57.1 Å². The number of aliphatic carboxylic acids is 1. The van der Waals surface area contributed by atoms with Crippen molar-refractivity contribution in [3.8, 4) is 0 Å². The molecule has 0 bridgehead atoms. The normalized spacial score (nSPS) is 17.6. The summed E-state index contributed by atoms with van der Waals surface area (Å²) in [6.07, 6.45) is 5.35. The Hall–Kier alpha value is -3.62. The van der Waals surface area contributed by atoms with E-state index in [1.165, 1.54) is 10.5 Å². The highest BCUT2D eigenvalue weighted by Gasteiger charge is 2.33. The smallest absolute Gasteiger partial charge is 0.339 e. The highest BCUT2D eigenvalue weighted by molar-refractivity contribution is 5.97. The molecule has 5 rings (SSSR count). The van der Waals surface area contributed by atoms with Crippen LogP contribution < -0.4 is 10.9 Å². The molecule has 2 aliphatic rings. The molecule has 0 spiro atoms. The van der Waals surface area contributed by atoms with Crippen molar-refractivity contribution in [1.82, 2.24) is 10.2 Å². The van der Waals surface area contributed by atoms with E-state index < -0.39 is 23.5 Å². The van der Waals surface area contributed by atoms with Gasteiger partial charge in [0.25, 0.3) is 0 Å². The fraction of sp³-hybridized carbons (Fsp3) is 0.462. The van der Waals surface area contributed by atoms with Crippen molar-refractivity contribution in [3.05, 3.63) is 45.0 Å². The Bertz CT molecular complexity index is 1400. The predicted octanol–water partition coefficient (Wildman–Crippen LogP) is 2.85. The number of hydrogen-bond acceptors (Lipinski definition) is 6. The van der Waals surface area contributed by atoms with E-state index in [2.05, 4.69) is 5.32 Å². The molecule has 35 heavy (non-hydrogen) atoms.